The molecule has 126 valence electrons. The molecule has 1 heterocycles. The van der Waals surface area contributed by atoms with Crippen molar-refractivity contribution in [2.24, 2.45) is 4.99 Å². The van der Waals surface area contributed by atoms with Gasteiger partial charge < -0.3 is 0 Å². The molecular formula is C18H16N4O3. The van der Waals surface area contributed by atoms with Gasteiger partial charge in [0, 0.05) is 18.0 Å². The van der Waals surface area contributed by atoms with E-state index in [0.29, 0.717) is 16.9 Å². The van der Waals surface area contributed by atoms with Gasteiger partial charge in [0.15, 0.2) is 0 Å². The number of aryl methyl sites for hydroxylation is 2. The van der Waals surface area contributed by atoms with Gasteiger partial charge in [-0.25, -0.2) is 9.67 Å². The highest BCUT2D eigenvalue weighted by Gasteiger charge is 2.13. The fraction of sp³-hybridized carbons (Fsp3) is 0.111. The van der Waals surface area contributed by atoms with Crippen molar-refractivity contribution in [1.82, 2.24) is 9.78 Å². The predicted molar refractivity (Wildman–Crippen MR) is 96.2 cm³/mol. The molecule has 3 rings (SSSR count). The fourth-order valence-corrected chi connectivity index (χ4v) is 2.45. The highest BCUT2D eigenvalue weighted by Crippen LogP contribution is 2.26. The molecule has 0 bridgehead atoms. The van der Waals surface area contributed by atoms with Crippen LogP contribution in [-0.2, 0) is 0 Å². The Hall–Kier alpha value is -3.48. The lowest BCUT2D eigenvalue weighted by atomic mass is 10.2. The van der Waals surface area contributed by atoms with Gasteiger partial charge in [0.05, 0.1) is 16.2 Å². The zero-order chi connectivity index (χ0) is 18.0. The third-order valence-corrected chi connectivity index (χ3v) is 3.82. The molecule has 0 saturated carbocycles. The summed E-state index contributed by atoms with van der Waals surface area (Å²) in [5, 5.41) is 14.0. The monoisotopic (exact) mass is 336 g/mol. The van der Waals surface area contributed by atoms with Gasteiger partial charge in [0.1, 0.15) is 5.69 Å². The molecule has 0 aliphatic rings. The number of benzene rings is 2. The van der Waals surface area contributed by atoms with Gasteiger partial charge in [0.25, 0.3) is 11.2 Å². The van der Waals surface area contributed by atoms with E-state index >= 15 is 0 Å². The third-order valence-electron chi connectivity index (χ3n) is 3.82. The van der Waals surface area contributed by atoms with E-state index in [0.717, 1.165) is 5.56 Å². The lowest BCUT2D eigenvalue weighted by Gasteiger charge is -2.01. The molecule has 0 fully saturated rings. The molecule has 0 spiro atoms. The number of rotatable bonds is 4. The Morgan fingerprint density at radius 1 is 1.12 bits per heavy atom. The van der Waals surface area contributed by atoms with E-state index in [1.165, 1.54) is 23.0 Å². The van der Waals surface area contributed by atoms with Crippen molar-refractivity contribution in [3.63, 3.8) is 0 Å². The number of aromatic nitrogens is 2. The summed E-state index contributed by atoms with van der Waals surface area (Å²) < 4.78 is 1.43. The van der Waals surface area contributed by atoms with Crippen LogP contribution in [-0.4, -0.2) is 20.9 Å². The summed E-state index contributed by atoms with van der Waals surface area (Å²) in [5.74, 6) is 0. The van der Waals surface area contributed by atoms with Gasteiger partial charge in [-0.3, -0.25) is 20.0 Å². The number of nitrogens with one attached hydrogen (secondary N) is 1. The van der Waals surface area contributed by atoms with Crippen molar-refractivity contribution in [1.29, 1.82) is 0 Å². The standard InChI is InChI=1S/C18H16N4O3/c1-12-7-9-14(10-8-12)21-18(23)15(13(2)20-21)11-19-16-5-3-4-6-17(16)22(24)25/h3-11,20H,1-2H3. The predicted octanol–water partition coefficient (Wildman–Crippen LogP) is 3.44. The first-order valence-electron chi connectivity index (χ1n) is 7.63. The van der Waals surface area contributed by atoms with Crippen LogP contribution in [0.3, 0.4) is 0 Å². The van der Waals surface area contributed by atoms with Crippen molar-refractivity contribution in [2.45, 2.75) is 13.8 Å². The number of aliphatic imine (C=N–C) groups is 1. The van der Waals surface area contributed by atoms with Crippen LogP contribution in [0.4, 0.5) is 11.4 Å². The lowest BCUT2D eigenvalue weighted by molar-refractivity contribution is -0.384. The number of nitro groups is 1. The number of hydrogen-bond donors (Lipinski definition) is 1. The van der Waals surface area contributed by atoms with Crippen molar-refractivity contribution in [3.8, 4) is 5.69 Å². The molecule has 2 aromatic carbocycles. The van der Waals surface area contributed by atoms with Gasteiger partial charge in [-0.1, -0.05) is 29.8 Å². The Labute approximate surface area is 143 Å². The normalized spacial score (nSPS) is 11.1. The molecule has 1 N–H and O–H groups in total. The maximum Gasteiger partial charge on any atom is 0.294 e. The van der Waals surface area contributed by atoms with Crippen LogP contribution >= 0.6 is 0 Å². The van der Waals surface area contributed by atoms with E-state index in [-0.39, 0.29) is 16.9 Å². The summed E-state index contributed by atoms with van der Waals surface area (Å²) >= 11 is 0. The molecule has 0 aliphatic carbocycles. The summed E-state index contributed by atoms with van der Waals surface area (Å²) in [5.41, 5.74) is 2.64. The zero-order valence-electron chi connectivity index (χ0n) is 13.8. The van der Waals surface area contributed by atoms with Crippen LogP contribution in [0.25, 0.3) is 5.69 Å². The molecule has 0 atom stereocenters. The minimum absolute atomic E-state index is 0.106. The minimum Gasteiger partial charge on any atom is -0.295 e. The third kappa shape index (κ3) is 3.25. The zero-order valence-corrected chi connectivity index (χ0v) is 13.8. The highest BCUT2D eigenvalue weighted by molar-refractivity contribution is 5.84. The number of H-pyrrole nitrogens is 1. The molecule has 7 heteroatoms. The summed E-state index contributed by atoms with van der Waals surface area (Å²) in [6.07, 6.45) is 1.36. The first-order chi connectivity index (χ1) is 12.0. The summed E-state index contributed by atoms with van der Waals surface area (Å²) in [4.78, 5) is 27.3. The molecule has 7 nitrogen and oxygen atoms in total. The summed E-state index contributed by atoms with van der Waals surface area (Å²) in [6, 6.07) is 13.7. The molecule has 0 amide bonds. The van der Waals surface area contributed by atoms with Crippen LogP contribution in [0.2, 0.25) is 0 Å². The Bertz CT molecular complexity index is 1010. The number of nitrogens with zero attached hydrogens (tertiary/aromatic N) is 3. The van der Waals surface area contributed by atoms with Gasteiger partial charge in [0.2, 0.25) is 0 Å². The molecule has 0 aliphatic heterocycles. The summed E-state index contributed by atoms with van der Waals surface area (Å²) in [6.45, 7) is 3.73. The van der Waals surface area contributed by atoms with E-state index in [2.05, 4.69) is 10.1 Å². The van der Waals surface area contributed by atoms with Crippen LogP contribution in [0.1, 0.15) is 16.8 Å². The van der Waals surface area contributed by atoms with E-state index in [1.807, 2.05) is 31.2 Å². The molecule has 0 saturated heterocycles. The SMILES string of the molecule is Cc1ccc(-n2[nH]c(C)c(C=Nc3ccccc3[N+](=O)[O-])c2=O)cc1. The number of aromatic amines is 1. The van der Waals surface area contributed by atoms with Crippen LogP contribution in [0.15, 0.2) is 58.3 Å². The first-order valence-corrected chi connectivity index (χ1v) is 7.63. The Kier molecular flexibility index (Phi) is 4.30. The van der Waals surface area contributed by atoms with E-state index in [9.17, 15) is 14.9 Å². The van der Waals surface area contributed by atoms with Crippen molar-refractivity contribution < 1.29 is 4.92 Å². The maximum atomic E-state index is 12.6. The smallest absolute Gasteiger partial charge is 0.294 e. The van der Waals surface area contributed by atoms with Crippen molar-refractivity contribution in [3.05, 3.63) is 85.8 Å². The van der Waals surface area contributed by atoms with E-state index in [4.69, 9.17) is 0 Å². The van der Waals surface area contributed by atoms with Gasteiger partial charge in [-0.2, -0.15) is 0 Å². The van der Waals surface area contributed by atoms with Crippen LogP contribution in [0.5, 0.6) is 0 Å². The Morgan fingerprint density at radius 2 is 1.80 bits per heavy atom. The van der Waals surface area contributed by atoms with Crippen molar-refractivity contribution >= 4 is 17.6 Å². The highest BCUT2D eigenvalue weighted by atomic mass is 16.6. The second kappa shape index (κ2) is 6.56. The Balaban J connectivity index is 2.01. The second-order valence-corrected chi connectivity index (χ2v) is 5.63. The van der Waals surface area contributed by atoms with E-state index in [1.54, 1.807) is 19.1 Å². The van der Waals surface area contributed by atoms with Crippen LogP contribution < -0.4 is 5.56 Å². The van der Waals surface area contributed by atoms with E-state index < -0.39 is 4.92 Å². The number of nitro benzene ring substituents is 1. The molecule has 0 radical (unpaired) electrons. The average molecular weight is 336 g/mol. The van der Waals surface area contributed by atoms with Gasteiger partial charge in [-0.05, 0) is 32.0 Å². The average Bonchev–Trinajstić information content (AvgIpc) is 2.88. The first kappa shape index (κ1) is 16.4. The van der Waals surface area contributed by atoms with Gasteiger partial charge in [-0.15, -0.1) is 0 Å². The van der Waals surface area contributed by atoms with Crippen molar-refractivity contribution in [2.75, 3.05) is 0 Å². The largest absolute Gasteiger partial charge is 0.295 e. The van der Waals surface area contributed by atoms with Crippen LogP contribution in [0, 0.1) is 24.0 Å². The fourth-order valence-electron chi connectivity index (χ4n) is 2.45. The van der Waals surface area contributed by atoms with Gasteiger partial charge >= 0.3 is 0 Å². The lowest BCUT2D eigenvalue weighted by Crippen LogP contribution is -2.17. The molecular weight excluding hydrogens is 320 g/mol. The Morgan fingerprint density at radius 3 is 2.48 bits per heavy atom. The molecule has 0 unspecified atom stereocenters. The molecule has 25 heavy (non-hydrogen) atoms. The molecule has 1 aromatic heterocycles. The summed E-state index contributed by atoms with van der Waals surface area (Å²) in [7, 11) is 0. The molecule has 3 aromatic rings. The topological polar surface area (TPSA) is 93.3 Å². The number of hydrogen-bond acceptors (Lipinski definition) is 4. The number of para-hydroxylation sites is 2. The maximum absolute atomic E-state index is 12.6. The quantitative estimate of drug-likeness (QED) is 0.449. The second-order valence-electron chi connectivity index (χ2n) is 5.63. The minimum atomic E-state index is -0.499.